The maximum absolute atomic E-state index is 4.75. The van der Waals surface area contributed by atoms with Crippen molar-refractivity contribution in [1.29, 1.82) is 0 Å². The van der Waals surface area contributed by atoms with Crippen LogP contribution < -0.4 is 0 Å². The highest BCUT2D eigenvalue weighted by Gasteiger charge is 2.26. The maximum Gasteiger partial charge on any atom is 0.103 e. The molecular weight excluding hydrogens is 234 g/mol. The maximum atomic E-state index is 4.75. The molecule has 2 saturated carbocycles. The lowest BCUT2D eigenvalue weighted by molar-refractivity contribution is 0.516. The fraction of sp³-hybridized carbons (Fsp3) is 0.769. The summed E-state index contributed by atoms with van der Waals surface area (Å²) < 4.78 is 0. The van der Waals surface area contributed by atoms with Gasteiger partial charge in [-0.3, -0.25) is 0 Å². The fourth-order valence-corrected chi connectivity index (χ4v) is 4.62. The van der Waals surface area contributed by atoms with Gasteiger partial charge in [-0.15, -0.1) is 11.3 Å². The number of nitrogens with zero attached hydrogens (tertiary/aromatic N) is 1. The summed E-state index contributed by atoms with van der Waals surface area (Å²) in [5.41, 5.74) is 1.38. The molecule has 0 aliphatic heterocycles. The molecule has 0 N–H and O–H groups in total. The van der Waals surface area contributed by atoms with Crippen molar-refractivity contribution >= 4 is 23.1 Å². The molecule has 0 aromatic carbocycles. The van der Waals surface area contributed by atoms with Gasteiger partial charge in [-0.05, 0) is 25.7 Å². The van der Waals surface area contributed by atoms with Crippen LogP contribution in [0.15, 0.2) is 5.38 Å². The van der Waals surface area contributed by atoms with Crippen LogP contribution in [0.2, 0.25) is 0 Å². The Morgan fingerprint density at radius 3 is 2.75 bits per heavy atom. The standard InChI is InChI=1S/C13H19NS2/c1-2-4-11(5-3-1)15-9-13-14-12(8-16-13)10-6-7-10/h8,10-11H,1-7,9H2. The smallest absolute Gasteiger partial charge is 0.103 e. The third-order valence-electron chi connectivity index (χ3n) is 3.56. The predicted octanol–water partition coefficient (Wildman–Crippen LogP) is 4.59. The number of hydrogen-bond donors (Lipinski definition) is 0. The molecule has 0 amide bonds. The summed E-state index contributed by atoms with van der Waals surface area (Å²) in [7, 11) is 0. The summed E-state index contributed by atoms with van der Waals surface area (Å²) in [6.45, 7) is 0. The van der Waals surface area contributed by atoms with Crippen LogP contribution in [0.3, 0.4) is 0 Å². The lowest BCUT2D eigenvalue weighted by Crippen LogP contribution is -2.08. The molecule has 1 heterocycles. The zero-order valence-electron chi connectivity index (χ0n) is 9.65. The highest BCUT2D eigenvalue weighted by Crippen LogP contribution is 2.40. The molecule has 0 unspecified atom stereocenters. The number of thioether (sulfide) groups is 1. The van der Waals surface area contributed by atoms with Gasteiger partial charge in [0.1, 0.15) is 5.01 Å². The van der Waals surface area contributed by atoms with E-state index < -0.39 is 0 Å². The quantitative estimate of drug-likeness (QED) is 0.778. The number of thiazole rings is 1. The Morgan fingerprint density at radius 1 is 1.19 bits per heavy atom. The third kappa shape index (κ3) is 2.80. The summed E-state index contributed by atoms with van der Waals surface area (Å²) in [5, 5.41) is 4.56. The number of rotatable bonds is 4. The highest BCUT2D eigenvalue weighted by atomic mass is 32.2. The van der Waals surface area contributed by atoms with Crippen LogP contribution in [0.1, 0.15) is 61.6 Å². The molecular formula is C13H19NS2. The van der Waals surface area contributed by atoms with E-state index in [0.29, 0.717) is 0 Å². The van der Waals surface area contributed by atoms with E-state index >= 15 is 0 Å². The second-order valence-electron chi connectivity index (χ2n) is 5.01. The first-order valence-electron chi connectivity index (χ1n) is 6.48. The SMILES string of the molecule is c1sc(CSC2CCCCC2)nc1C1CC1. The molecule has 88 valence electrons. The molecule has 3 rings (SSSR count). The Bertz CT molecular complexity index is 337. The van der Waals surface area contributed by atoms with E-state index in [4.69, 9.17) is 4.98 Å². The van der Waals surface area contributed by atoms with Crippen molar-refractivity contribution in [3.63, 3.8) is 0 Å². The minimum atomic E-state index is 0.824. The third-order valence-corrected chi connectivity index (χ3v) is 5.99. The van der Waals surface area contributed by atoms with E-state index in [1.165, 1.54) is 55.6 Å². The Kier molecular flexibility index (Phi) is 3.53. The van der Waals surface area contributed by atoms with E-state index in [0.717, 1.165) is 16.9 Å². The molecule has 1 nitrogen and oxygen atoms in total. The fourth-order valence-electron chi connectivity index (χ4n) is 2.38. The molecule has 3 heteroatoms. The van der Waals surface area contributed by atoms with Crippen molar-refractivity contribution < 1.29 is 0 Å². The minimum Gasteiger partial charge on any atom is -0.245 e. The summed E-state index contributed by atoms with van der Waals surface area (Å²) in [6.07, 6.45) is 9.97. The zero-order valence-corrected chi connectivity index (χ0v) is 11.3. The highest BCUT2D eigenvalue weighted by molar-refractivity contribution is 7.99. The molecule has 0 radical (unpaired) electrons. The van der Waals surface area contributed by atoms with Crippen LogP contribution in [0.5, 0.6) is 0 Å². The summed E-state index contributed by atoms with van der Waals surface area (Å²) >= 11 is 4.02. The first-order chi connectivity index (χ1) is 7.92. The van der Waals surface area contributed by atoms with Gasteiger partial charge >= 0.3 is 0 Å². The van der Waals surface area contributed by atoms with Crippen LogP contribution in [0.4, 0.5) is 0 Å². The molecule has 0 saturated heterocycles. The van der Waals surface area contributed by atoms with Gasteiger partial charge in [-0.1, -0.05) is 19.3 Å². The zero-order chi connectivity index (χ0) is 10.8. The molecule has 1 aromatic heterocycles. The van der Waals surface area contributed by atoms with Crippen molar-refractivity contribution in [2.75, 3.05) is 0 Å². The molecule has 0 bridgehead atoms. The molecule has 16 heavy (non-hydrogen) atoms. The van der Waals surface area contributed by atoms with Gasteiger partial charge in [0.05, 0.1) is 5.69 Å². The van der Waals surface area contributed by atoms with Crippen molar-refractivity contribution in [2.24, 2.45) is 0 Å². The van der Waals surface area contributed by atoms with Crippen molar-refractivity contribution in [3.05, 3.63) is 16.1 Å². The van der Waals surface area contributed by atoms with Crippen molar-refractivity contribution in [2.45, 2.75) is 61.9 Å². The van der Waals surface area contributed by atoms with Crippen LogP contribution in [-0.2, 0) is 5.75 Å². The van der Waals surface area contributed by atoms with Gasteiger partial charge in [0.25, 0.3) is 0 Å². The normalized spacial score (nSPS) is 22.5. The topological polar surface area (TPSA) is 12.9 Å². The summed E-state index contributed by atoms with van der Waals surface area (Å²) in [6, 6.07) is 0. The van der Waals surface area contributed by atoms with Crippen LogP contribution >= 0.6 is 23.1 Å². The van der Waals surface area contributed by atoms with Crippen LogP contribution in [0, 0.1) is 0 Å². The largest absolute Gasteiger partial charge is 0.245 e. The molecule has 2 aliphatic carbocycles. The van der Waals surface area contributed by atoms with E-state index in [1.54, 1.807) is 0 Å². The Balaban J connectivity index is 1.49. The van der Waals surface area contributed by atoms with Crippen LogP contribution in [-0.4, -0.2) is 10.2 Å². The second kappa shape index (κ2) is 5.09. The molecule has 2 fully saturated rings. The predicted molar refractivity (Wildman–Crippen MR) is 72.3 cm³/mol. The summed E-state index contributed by atoms with van der Waals surface area (Å²) in [5.74, 6) is 1.98. The molecule has 0 spiro atoms. The van der Waals surface area contributed by atoms with E-state index in [1.807, 2.05) is 11.3 Å². The van der Waals surface area contributed by atoms with E-state index in [-0.39, 0.29) is 0 Å². The minimum absolute atomic E-state index is 0.824. The van der Waals surface area contributed by atoms with E-state index in [2.05, 4.69) is 17.1 Å². The van der Waals surface area contributed by atoms with Crippen molar-refractivity contribution in [3.8, 4) is 0 Å². The van der Waals surface area contributed by atoms with Gasteiger partial charge in [0.15, 0.2) is 0 Å². The molecule has 2 aliphatic rings. The Hall–Kier alpha value is -0.0200. The van der Waals surface area contributed by atoms with Gasteiger partial charge in [-0.2, -0.15) is 11.8 Å². The lowest BCUT2D eigenvalue weighted by Gasteiger charge is -2.20. The van der Waals surface area contributed by atoms with Gasteiger partial charge in [-0.25, -0.2) is 4.98 Å². The van der Waals surface area contributed by atoms with Gasteiger partial charge in [0.2, 0.25) is 0 Å². The van der Waals surface area contributed by atoms with Gasteiger partial charge in [0, 0.05) is 22.3 Å². The average molecular weight is 253 g/mol. The number of hydrogen-bond acceptors (Lipinski definition) is 3. The monoisotopic (exact) mass is 253 g/mol. The van der Waals surface area contributed by atoms with Crippen molar-refractivity contribution in [1.82, 2.24) is 4.98 Å². The molecule has 0 atom stereocenters. The number of aromatic nitrogens is 1. The first-order valence-corrected chi connectivity index (χ1v) is 8.40. The lowest BCUT2D eigenvalue weighted by atomic mass is 10.0. The molecule has 1 aromatic rings. The Labute approximate surface area is 106 Å². The van der Waals surface area contributed by atoms with Gasteiger partial charge < -0.3 is 0 Å². The second-order valence-corrected chi connectivity index (χ2v) is 7.24. The Morgan fingerprint density at radius 2 is 2.00 bits per heavy atom. The average Bonchev–Trinajstić information content (AvgIpc) is 3.08. The first kappa shape index (κ1) is 11.1. The van der Waals surface area contributed by atoms with E-state index in [9.17, 15) is 0 Å². The van der Waals surface area contributed by atoms with Crippen LogP contribution in [0.25, 0.3) is 0 Å². The summed E-state index contributed by atoms with van der Waals surface area (Å²) in [4.78, 5) is 4.75.